The van der Waals surface area contributed by atoms with Gasteiger partial charge in [0, 0.05) is 14.5 Å². The van der Waals surface area contributed by atoms with E-state index in [1.807, 2.05) is 6.08 Å². The molecule has 0 aliphatic carbocycles. The summed E-state index contributed by atoms with van der Waals surface area (Å²) in [6.45, 7) is 11.8. The van der Waals surface area contributed by atoms with E-state index in [4.69, 9.17) is 0 Å². The Labute approximate surface area is 291 Å². The van der Waals surface area contributed by atoms with Crippen LogP contribution in [0.1, 0.15) is 126 Å². The molecule has 2 nitrogen and oxygen atoms in total. The first-order valence-corrected chi connectivity index (χ1v) is 23.5. The second-order valence-corrected chi connectivity index (χ2v) is 20.3. The van der Waals surface area contributed by atoms with Crippen LogP contribution in [-0.2, 0) is 27.3 Å². The number of unbranched alkanes of at least 4 members (excludes halogenated alkanes) is 12. The molecule has 2 aromatic carbocycles. The van der Waals surface area contributed by atoms with Crippen molar-refractivity contribution in [3.63, 3.8) is 0 Å². The van der Waals surface area contributed by atoms with Gasteiger partial charge in [0.15, 0.2) is 5.57 Å². The summed E-state index contributed by atoms with van der Waals surface area (Å²) in [7, 11) is -1.08. The summed E-state index contributed by atoms with van der Waals surface area (Å²) >= 11 is 1.62. The van der Waals surface area contributed by atoms with E-state index in [1.54, 1.807) is 14.4 Å². The van der Waals surface area contributed by atoms with E-state index in [0.29, 0.717) is 5.57 Å². The molecule has 0 radical (unpaired) electrons. The van der Waals surface area contributed by atoms with Gasteiger partial charge in [-0.3, -0.25) is 0 Å². The molecule has 0 bridgehead atoms. The molecule has 0 amide bonds. The second-order valence-electron chi connectivity index (χ2n) is 13.6. The van der Waals surface area contributed by atoms with Crippen LogP contribution in [0.4, 0.5) is 0 Å². The van der Waals surface area contributed by atoms with Crippen LogP contribution in [0.3, 0.4) is 0 Å². The Morgan fingerprint density at radius 3 is 1.61 bits per heavy atom. The Kier molecular flexibility index (Phi) is 24.1. The van der Waals surface area contributed by atoms with Crippen LogP contribution in [0, 0.1) is 11.8 Å². The van der Waals surface area contributed by atoms with Crippen molar-refractivity contribution in [1.82, 2.24) is 0 Å². The fraction of sp³-hybridized carbons (Fsp3) is 0.571. The Bertz CT molecular complexity index is 1250. The van der Waals surface area contributed by atoms with Gasteiger partial charge in [0.1, 0.15) is 0 Å². The quantitative estimate of drug-likeness (QED) is 0.0253. The summed E-state index contributed by atoms with van der Waals surface area (Å²) in [5.74, 6) is 13.4. The molecule has 0 spiro atoms. The van der Waals surface area contributed by atoms with E-state index in [-0.39, 0.29) is 0 Å². The predicted octanol–water partition coefficient (Wildman–Crippen LogP) is 13.0. The van der Waals surface area contributed by atoms with Gasteiger partial charge in [-0.2, -0.15) is 0 Å². The van der Waals surface area contributed by atoms with E-state index in [1.165, 1.54) is 94.2 Å². The van der Waals surface area contributed by atoms with E-state index in [2.05, 4.69) is 116 Å². The van der Waals surface area contributed by atoms with Crippen LogP contribution in [-0.4, -0.2) is 18.7 Å². The third kappa shape index (κ3) is 20.7. The van der Waals surface area contributed by atoms with Crippen molar-refractivity contribution in [3.05, 3.63) is 88.0 Å². The van der Waals surface area contributed by atoms with Crippen LogP contribution in [0.25, 0.3) is 11.1 Å². The van der Waals surface area contributed by atoms with Crippen LogP contribution < -0.4 is 0 Å². The zero-order valence-corrected chi connectivity index (χ0v) is 32.4. The maximum atomic E-state index is 9.37. The van der Waals surface area contributed by atoms with E-state index < -0.39 is 8.07 Å². The number of hydrogen-bond donors (Lipinski definition) is 0. The molecule has 0 aliphatic rings. The third-order valence-electron chi connectivity index (χ3n) is 8.10. The van der Waals surface area contributed by atoms with Crippen LogP contribution in [0.15, 0.2) is 60.2 Å². The molecule has 0 aromatic heterocycles. The Morgan fingerprint density at radius 2 is 1.15 bits per heavy atom. The van der Waals surface area contributed by atoms with Crippen LogP contribution in [0.5, 0.6) is 0 Å². The number of benzene rings is 2. The van der Waals surface area contributed by atoms with Gasteiger partial charge in [-0.05, 0) is 59.6 Å². The molecule has 256 valence electrons. The fourth-order valence-corrected chi connectivity index (χ4v) is 6.30. The van der Waals surface area contributed by atoms with Crippen LogP contribution >= 0.6 is 0 Å². The average molecular weight is 684 g/mol. The van der Waals surface area contributed by atoms with Crippen LogP contribution in [0.2, 0.25) is 37.5 Å². The van der Waals surface area contributed by atoms with Crippen molar-refractivity contribution >= 4 is 19.5 Å². The van der Waals surface area contributed by atoms with Crippen molar-refractivity contribution in [2.24, 2.45) is 0 Å². The van der Waals surface area contributed by atoms with Crippen molar-refractivity contribution in [1.29, 1.82) is 0 Å². The molecule has 0 aliphatic heterocycles. The van der Waals surface area contributed by atoms with E-state index in [0.717, 1.165) is 42.4 Å². The van der Waals surface area contributed by atoms with Gasteiger partial charge >= 0.3 is 32.1 Å². The molecule has 0 fully saturated rings. The topological polar surface area (TPSA) is 36.4 Å². The number of hydrogen-bond acceptors (Lipinski definition) is 0. The molecular weight excluding hydrogens is 619 g/mol. The Balaban J connectivity index is 0.00000338. The predicted molar refractivity (Wildman–Crippen MR) is 203 cm³/mol. The maximum absolute atomic E-state index is 9.37. The third-order valence-corrected chi connectivity index (χ3v) is 9.85. The number of allylic oxidation sites excluding steroid dienone is 2. The SMILES string of the molecule is CCCCCCCCCCCCCC#CC(=C=[N+]=[N-])C=C(c1ccc(CCCC)cc1)c1ccc(CC[Si](C)(C)C)cc1.[CH3][Ni][CH3]. The first kappa shape index (κ1) is 41.6. The minimum absolute atomic E-state index is 0.610. The molecule has 0 atom stereocenters. The van der Waals surface area contributed by atoms with Crippen molar-refractivity contribution in [2.75, 3.05) is 0 Å². The molecule has 0 N–H and O–H groups in total. The second kappa shape index (κ2) is 26.7. The summed E-state index contributed by atoms with van der Waals surface area (Å²) in [5.41, 5.74) is 16.1. The first-order valence-electron chi connectivity index (χ1n) is 17.9. The van der Waals surface area contributed by atoms with Gasteiger partial charge in [0.2, 0.25) is 0 Å². The molecular formula is C42H64N2NiSi. The van der Waals surface area contributed by atoms with Gasteiger partial charge < -0.3 is 5.53 Å². The zero-order chi connectivity index (χ0) is 33.9. The van der Waals surface area contributed by atoms with Gasteiger partial charge in [0.25, 0.3) is 0 Å². The minimum atomic E-state index is -1.08. The first-order chi connectivity index (χ1) is 22.3. The average Bonchev–Trinajstić information content (AvgIpc) is 3.04. The van der Waals surface area contributed by atoms with Crippen molar-refractivity contribution in [3.8, 4) is 11.8 Å². The van der Waals surface area contributed by atoms with Gasteiger partial charge in [0.05, 0.1) is 0 Å². The number of aryl methyl sites for hydroxylation is 2. The van der Waals surface area contributed by atoms with E-state index >= 15 is 0 Å². The number of nitrogens with zero attached hydrogens (tertiary/aromatic N) is 2. The fourth-order valence-electron chi connectivity index (χ4n) is 5.27. The van der Waals surface area contributed by atoms with Crippen molar-refractivity contribution < 1.29 is 19.2 Å². The van der Waals surface area contributed by atoms with Gasteiger partial charge in [-0.1, -0.05) is 171 Å². The van der Waals surface area contributed by atoms with Crippen molar-refractivity contribution in [2.45, 2.75) is 154 Å². The summed E-state index contributed by atoms with van der Waals surface area (Å²) in [6.07, 6.45) is 22.2. The normalized spacial score (nSPS) is 11.2. The summed E-state index contributed by atoms with van der Waals surface area (Å²) in [4.78, 5) is 3.24. The molecule has 2 aromatic rings. The van der Waals surface area contributed by atoms with E-state index in [9.17, 15) is 5.53 Å². The standard InChI is InChI=1S/C40H58N2Si.2CH3.Ni/c1-6-8-10-11-12-13-14-15-16-17-18-19-20-22-37(34-42-41)33-40(38-27-23-35(24-28-38)21-9-7-2)39-29-25-36(26-30-39)31-32-43(3,4)5;;;/h23-30,33H,6-19,21,31-32H2,1-5H3;2*1H3;. The molecule has 0 saturated carbocycles. The molecule has 0 heterocycles. The van der Waals surface area contributed by atoms with Gasteiger partial charge in [-0.25, -0.2) is 0 Å². The molecule has 46 heavy (non-hydrogen) atoms. The molecule has 0 saturated heterocycles. The summed E-state index contributed by atoms with van der Waals surface area (Å²) in [6, 6.07) is 19.2. The Hall–Kier alpha value is -2.39. The monoisotopic (exact) mass is 682 g/mol. The number of rotatable bonds is 20. The summed E-state index contributed by atoms with van der Waals surface area (Å²) in [5, 5.41) is 0. The zero-order valence-electron chi connectivity index (χ0n) is 30.4. The molecule has 2 rings (SSSR count). The molecule has 4 heteroatoms. The van der Waals surface area contributed by atoms with Gasteiger partial charge in [-0.15, -0.1) is 4.79 Å². The molecule has 0 unspecified atom stereocenters. The Morgan fingerprint density at radius 1 is 0.696 bits per heavy atom. The summed E-state index contributed by atoms with van der Waals surface area (Å²) < 4.78 is 0.